The zero-order chi connectivity index (χ0) is 19.1. The summed E-state index contributed by atoms with van der Waals surface area (Å²) in [5, 5.41) is 5.63. The zero-order valence-corrected chi connectivity index (χ0v) is 15.9. The van der Waals surface area contributed by atoms with Crippen molar-refractivity contribution < 1.29 is 19.1 Å². The Morgan fingerprint density at radius 3 is 2.74 bits per heavy atom. The van der Waals surface area contributed by atoms with Gasteiger partial charge < -0.3 is 25.0 Å². The fraction of sp³-hybridized carbons (Fsp3) is 0.600. The van der Waals surface area contributed by atoms with E-state index in [9.17, 15) is 9.59 Å². The van der Waals surface area contributed by atoms with E-state index in [-0.39, 0.29) is 12.1 Å². The van der Waals surface area contributed by atoms with Gasteiger partial charge in [0.05, 0.1) is 19.3 Å². The molecule has 27 heavy (non-hydrogen) atoms. The highest BCUT2D eigenvalue weighted by molar-refractivity contribution is 5.89. The Balaban J connectivity index is 1.34. The molecule has 2 atom stereocenters. The number of carbonyl (C=O) groups is 2. The molecule has 7 nitrogen and oxygen atoms in total. The molecule has 3 rings (SSSR count). The van der Waals surface area contributed by atoms with E-state index in [4.69, 9.17) is 9.47 Å². The lowest BCUT2D eigenvalue weighted by Crippen LogP contribution is -2.34. The van der Waals surface area contributed by atoms with Gasteiger partial charge in [0.1, 0.15) is 6.61 Å². The van der Waals surface area contributed by atoms with Crippen molar-refractivity contribution >= 4 is 17.8 Å². The molecule has 1 aromatic carbocycles. The van der Waals surface area contributed by atoms with Crippen LogP contribution in [0.15, 0.2) is 24.3 Å². The predicted octanol–water partition coefficient (Wildman–Crippen LogP) is 3.36. The second-order valence-electron chi connectivity index (χ2n) is 7.28. The van der Waals surface area contributed by atoms with Gasteiger partial charge in [0, 0.05) is 18.8 Å². The van der Waals surface area contributed by atoms with Crippen LogP contribution in [0, 0.1) is 5.92 Å². The molecule has 2 N–H and O–H groups in total. The lowest BCUT2D eigenvalue weighted by Gasteiger charge is -2.28. The molecule has 0 unspecified atom stereocenters. The maximum Gasteiger partial charge on any atom is 0.410 e. The van der Waals surface area contributed by atoms with Crippen LogP contribution in [0.1, 0.15) is 38.2 Å². The molecule has 7 heteroatoms. The third kappa shape index (κ3) is 5.85. The van der Waals surface area contributed by atoms with Crippen LogP contribution >= 0.6 is 0 Å². The maximum absolute atomic E-state index is 12.0. The van der Waals surface area contributed by atoms with Gasteiger partial charge in [-0.2, -0.15) is 0 Å². The second kappa shape index (κ2) is 9.60. The molecule has 1 heterocycles. The largest absolute Gasteiger partial charge is 0.448 e. The van der Waals surface area contributed by atoms with Crippen LogP contribution in [0.4, 0.5) is 15.3 Å². The number of hydrogen-bond donors (Lipinski definition) is 2. The van der Waals surface area contributed by atoms with Crippen LogP contribution in [-0.4, -0.2) is 49.4 Å². The van der Waals surface area contributed by atoms with Gasteiger partial charge in [-0.25, -0.2) is 9.59 Å². The Kier molecular flexibility index (Phi) is 6.92. The minimum atomic E-state index is -0.276. The smallest absolute Gasteiger partial charge is 0.410 e. The number of cyclic esters (lactones) is 1. The highest BCUT2D eigenvalue weighted by Gasteiger charge is 2.22. The molecule has 1 saturated carbocycles. The van der Waals surface area contributed by atoms with E-state index in [0.717, 1.165) is 12.0 Å². The normalized spacial score (nSPS) is 22.4. The number of rotatable bonds is 7. The highest BCUT2D eigenvalue weighted by Crippen LogP contribution is 2.26. The SMILES string of the molecule is C[C@H]1CCCC[C@H]1OCCNC(=O)Nc1ccc(CN2CCOC2=O)cc1. The average molecular weight is 375 g/mol. The van der Waals surface area contributed by atoms with E-state index < -0.39 is 0 Å². The van der Waals surface area contributed by atoms with E-state index in [1.807, 2.05) is 24.3 Å². The average Bonchev–Trinajstić information content (AvgIpc) is 3.06. The molecule has 0 bridgehead atoms. The molecule has 1 aliphatic heterocycles. The van der Waals surface area contributed by atoms with Crippen LogP contribution in [-0.2, 0) is 16.0 Å². The number of amides is 3. The fourth-order valence-electron chi connectivity index (χ4n) is 3.56. The summed E-state index contributed by atoms with van der Waals surface area (Å²) >= 11 is 0. The summed E-state index contributed by atoms with van der Waals surface area (Å²) in [4.78, 5) is 25.1. The summed E-state index contributed by atoms with van der Waals surface area (Å²) in [7, 11) is 0. The molecular weight excluding hydrogens is 346 g/mol. The third-order valence-corrected chi connectivity index (χ3v) is 5.18. The molecule has 2 fully saturated rings. The molecule has 1 aliphatic carbocycles. The predicted molar refractivity (Wildman–Crippen MR) is 103 cm³/mol. The molecule has 0 aromatic heterocycles. The molecule has 3 amide bonds. The number of nitrogens with one attached hydrogen (secondary N) is 2. The summed E-state index contributed by atoms with van der Waals surface area (Å²) in [6.45, 7) is 4.84. The highest BCUT2D eigenvalue weighted by atomic mass is 16.6. The molecular formula is C20H29N3O4. The summed E-state index contributed by atoms with van der Waals surface area (Å²) in [6.07, 6.45) is 4.92. The molecule has 1 aromatic rings. The van der Waals surface area contributed by atoms with E-state index in [0.29, 0.717) is 50.6 Å². The minimum Gasteiger partial charge on any atom is -0.448 e. The standard InChI is InChI=1S/C20H29N3O4/c1-15-4-2-3-5-18(15)26-12-10-21-19(24)22-17-8-6-16(7-9-17)14-23-11-13-27-20(23)25/h6-9,15,18H,2-5,10-14H2,1H3,(H2,21,22,24)/t15-,18+/m0/s1. The van der Waals surface area contributed by atoms with Gasteiger partial charge in [-0.1, -0.05) is 31.9 Å². The van der Waals surface area contributed by atoms with Crippen LogP contribution in [0.5, 0.6) is 0 Å². The number of benzene rings is 1. The number of carbonyl (C=O) groups excluding carboxylic acids is 2. The van der Waals surface area contributed by atoms with Crippen molar-refractivity contribution in [3.8, 4) is 0 Å². The number of anilines is 1. The fourth-order valence-corrected chi connectivity index (χ4v) is 3.56. The Hall–Kier alpha value is -2.28. The molecule has 0 spiro atoms. The van der Waals surface area contributed by atoms with Crippen molar-refractivity contribution in [3.63, 3.8) is 0 Å². The van der Waals surface area contributed by atoms with Crippen molar-refractivity contribution in [1.82, 2.24) is 10.2 Å². The van der Waals surface area contributed by atoms with Gasteiger partial charge in [-0.15, -0.1) is 0 Å². The lowest BCUT2D eigenvalue weighted by atomic mass is 9.88. The van der Waals surface area contributed by atoms with Gasteiger partial charge in [0.25, 0.3) is 0 Å². The van der Waals surface area contributed by atoms with Crippen molar-refractivity contribution in [2.75, 3.05) is 31.6 Å². The minimum absolute atomic E-state index is 0.244. The summed E-state index contributed by atoms with van der Waals surface area (Å²) < 4.78 is 10.8. The van der Waals surface area contributed by atoms with Gasteiger partial charge in [0.2, 0.25) is 0 Å². The monoisotopic (exact) mass is 375 g/mol. The first-order valence-electron chi connectivity index (χ1n) is 9.79. The van der Waals surface area contributed by atoms with E-state index in [2.05, 4.69) is 17.6 Å². The van der Waals surface area contributed by atoms with Gasteiger partial charge in [-0.05, 0) is 36.5 Å². The number of ether oxygens (including phenoxy) is 2. The number of urea groups is 1. The first-order chi connectivity index (χ1) is 13.1. The van der Waals surface area contributed by atoms with Crippen molar-refractivity contribution in [2.24, 2.45) is 5.92 Å². The summed E-state index contributed by atoms with van der Waals surface area (Å²) in [5.41, 5.74) is 1.71. The molecule has 1 saturated heterocycles. The van der Waals surface area contributed by atoms with Crippen LogP contribution in [0.25, 0.3) is 0 Å². The number of nitrogens with zero attached hydrogens (tertiary/aromatic N) is 1. The third-order valence-electron chi connectivity index (χ3n) is 5.18. The molecule has 0 radical (unpaired) electrons. The molecule has 148 valence electrons. The lowest BCUT2D eigenvalue weighted by molar-refractivity contribution is -0.00232. The topological polar surface area (TPSA) is 79.9 Å². The zero-order valence-electron chi connectivity index (χ0n) is 15.9. The van der Waals surface area contributed by atoms with Crippen LogP contribution in [0.2, 0.25) is 0 Å². The first kappa shape index (κ1) is 19.5. The first-order valence-corrected chi connectivity index (χ1v) is 9.79. The van der Waals surface area contributed by atoms with Gasteiger partial charge in [0.15, 0.2) is 0 Å². The maximum atomic E-state index is 12.0. The summed E-state index contributed by atoms with van der Waals surface area (Å²) in [6, 6.07) is 7.21. The Bertz CT molecular complexity index is 635. The van der Waals surface area contributed by atoms with Crippen LogP contribution in [0.3, 0.4) is 0 Å². The quantitative estimate of drug-likeness (QED) is 0.716. The van der Waals surface area contributed by atoms with E-state index in [1.54, 1.807) is 4.90 Å². The summed E-state index contributed by atoms with van der Waals surface area (Å²) in [5.74, 6) is 0.605. The van der Waals surface area contributed by atoms with Gasteiger partial charge >= 0.3 is 12.1 Å². The van der Waals surface area contributed by atoms with E-state index >= 15 is 0 Å². The molecule has 2 aliphatic rings. The number of hydrogen-bond acceptors (Lipinski definition) is 4. The van der Waals surface area contributed by atoms with E-state index in [1.165, 1.54) is 19.3 Å². The second-order valence-corrected chi connectivity index (χ2v) is 7.28. The Morgan fingerprint density at radius 2 is 2.04 bits per heavy atom. The van der Waals surface area contributed by atoms with Crippen LogP contribution < -0.4 is 10.6 Å². The van der Waals surface area contributed by atoms with Crippen molar-refractivity contribution in [2.45, 2.75) is 45.3 Å². The Labute approximate surface area is 160 Å². The Morgan fingerprint density at radius 1 is 1.26 bits per heavy atom. The van der Waals surface area contributed by atoms with Crippen molar-refractivity contribution in [3.05, 3.63) is 29.8 Å². The van der Waals surface area contributed by atoms with Gasteiger partial charge in [-0.3, -0.25) is 0 Å². The van der Waals surface area contributed by atoms with Crippen molar-refractivity contribution in [1.29, 1.82) is 0 Å².